The molecule has 2 aliphatic heterocycles. The van der Waals surface area contributed by atoms with Crippen LogP contribution in [-0.4, -0.2) is 48.4 Å². The zero-order chi connectivity index (χ0) is 20.3. The van der Waals surface area contributed by atoms with E-state index in [0.717, 1.165) is 31.6 Å². The van der Waals surface area contributed by atoms with E-state index in [0.29, 0.717) is 31.6 Å². The molecule has 0 saturated carbocycles. The highest BCUT2D eigenvalue weighted by atomic mass is 19.1. The van der Waals surface area contributed by atoms with Crippen molar-refractivity contribution < 1.29 is 14.0 Å². The maximum absolute atomic E-state index is 13.4. The first-order valence-electron chi connectivity index (χ1n) is 10.2. The Balaban J connectivity index is 1.43. The lowest BCUT2D eigenvalue weighted by atomic mass is 9.86. The van der Waals surface area contributed by atoms with Crippen LogP contribution < -0.4 is 10.2 Å². The normalized spacial score (nSPS) is 18.4. The van der Waals surface area contributed by atoms with Gasteiger partial charge >= 0.3 is 0 Å². The maximum atomic E-state index is 13.4. The number of benzene rings is 2. The Morgan fingerprint density at radius 2 is 1.72 bits per heavy atom. The topological polar surface area (TPSA) is 52.7 Å². The van der Waals surface area contributed by atoms with Gasteiger partial charge in [-0.3, -0.25) is 9.59 Å². The van der Waals surface area contributed by atoms with Crippen LogP contribution in [0.2, 0.25) is 0 Å². The number of amides is 1. The second-order valence-electron chi connectivity index (χ2n) is 7.79. The van der Waals surface area contributed by atoms with E-state index in [9.17, 15) is 14.0 Å². The standard InChI is InChI=1S/C23H26FN3O2/c24-19-10-8-18(9-11-19)21(28)7-4-16-26-17-27(20-5-2-1-3-6-20)23(22(26)29)12-14-25-15-13-23/h1-3,5-6,8-11,25H,4,7,12-17H2. The van der Waals surface area contributed by atoms with Crippen LogP contribution in [0.1, 0.15) is 36.0 Å². The molecule has 152 valence electrons. The van der Waals surface area contributed by atoms with Gasteiger partial charge in [0.05, 0.1) is 6.67 Å². The lowest BCUT2D eigenvalue weighted by Gasteiger charge is -2.40. The molecule has 2 saturated heterocycles. The number of Topliss-reactive ketones (excluding diaryl/α,β-unsaturated/α-hetero) is 1. The van der Waals surface area contributed by atoms with Gasteiger partial charge in [-0.1, -0.05) is 18.2 Å². The van der Waals surface area contributed by atoms with Gasteiger partial charge in [-0.2, -0.15) is 0 Å². The van der Waals surface area contributed by atoms with Crippen LogP contribution in [0, 0.1) is 5.82 Å². The molecule has 2 heterocycles. The maximum Gasteiger partial charge on any atom is 0.250 e. The highest BCUT2D eigenvalue weighted by molar-refractivity contribution is 5.96. The average molecular weight is 395 g/mol. The minimum Gasteiger partial charge on any atom is -0.339 e. The number of hydrogen-bond donors (Lipinski definition) is 1. The minimum atomic E-state index is -0.492. The van der Waals surface area contributed by atoms with Crippen molar-refractivity contribution in [2.45, 2.75) is 31.2 Å². The molecule has 0 atom stereocenters. The number of para-hydroxylation sites is 1. The molecule has 0 aliphatic carbocycles. The van der Waals surface area contributed by atoms with Crippen molar-refractivity contribution in [2.75, 3.05) is 31.2 Å². The van der Waals surface area contributed by atoms with Crippen LogP contribution in [0.15, 0.2) is 54.6 Å². The van der Waals surface area contributed by atoms with Crippen LogP contribution in [-0.2, 0) is 4.79 Å². The lowest BCUT2D eigenvalue weighted by molar-refractivity contribution is -0.133. The second kappa shape index (κ2) is 8.33. The fourth-order valence-corrected chi connectivity index (χ4v) is 4.42. The quantitative estimate of drug-likeness (QED) is 0.763. The zero-order valence-corrected chi connectivity index (χ0v) is 16.4. The Hall–Kier alpha value is -2.73. The van der Waals surface area contributed by atoms with E-state index in [-0.39, 0.29) is 17.5 Å². The van der Waals surface area contributed by atoms with Gasteiger partial charge in [0.25, 0.3) is 0 Å². The predicted molar refractivity (Wildman–Crippen MR) is 110 cm³/mol. The summed E-state index contributed by atoms with van der Waals surface area (Å²) in [7, 11) is 0. The highest BCUT2D eigenvalue weighted by Crippen LogP contribution is 2.38. The second-order valence-corrected chi connectivity index (χ2v) is 7.79. The number of hydrogen-bond acceptors (Lipinski definition) is 4. The van der Waals surface area contributed by atoms with Crippen molar-refractivity contribution in [1.82, 2.24) is 10.2 Å². The molecule has 29 heavy (non-hydrogen) atoms. The van der Waals surface area contributed by atoms with Gasteiger partial charge in [-0.25, -0.2) is 4.39 Å². The van der Waals surface area contributed by atoms with Gasteiger partial charge in [-0.05, 0) is 68.8 Å². The van der Waals surface area contributed by atoms with Crippen LogP contribution in [0.3, 0.4) is 0 Å². The van der Waals surface area contributed by atoms with Crippen molar-refractivity contribution in [2.24, 2.45) is 0 Å². The first kappa shape index (κ1) is 19.6. The van der Waals surface area contributed by atoms with Gasteiger partial charge in [0.15, 0.2) is 5.78 Å². The number of anilines is 1. The van der Waals surface area contributed by atoms with Gasteiger partial charge < -0.3 is 15.1 Å². The van der Waals surface area contributed by atoms with E-state index in [2.05, 4.69) is 22.3 Å². The summed E-state index contributed by atoms with van der Waals surface area (Å²) in [5.41, 5.74) is 1.08. The number of rotatable bonds is 6. The molecule has 2 fully saturated rings. The third kappa shape index (κ3) is 3.90. The average Bonchev–Trinajstić information content (AvgIpc) is 3.01. The summed E-state index contributed by atoms with van der Waals surface area (Å²) >= 11 is 0. The van der Waals surface area contributed by atoms with E-state index in [1.807, 2.05) is 23.1 Å². The van der Waals surface area contributed by atoms with Crippen LogP contribution in [0.4, 0.5) is 10.1 Å². The largest absolute Gasteiger partial charge is 0.339 e. The van der Waals surface area contributed by atoms with E-state index in [4.69, 9.17) is 0 Å². The smallest absolute Gasteiger partial charge is 0.250 e. The van der Waals surface area contributed by atoms with Gasteiger partial charge in [0.1, 0.15) is 11.4 Å². The molecular weight excluding hydrogens is 369 g/mol. The summed E-state index contributed by atoms with van der Waals surface area (Å²) in [6.07, 6.45) is 2.51. The zero-order valence-electron chi connectivity index (χ0n) is 16.4. The molecule has 2 aliphatic rings. The van der Waals surface area contributed by atoms with Gasteiger partial charge in [0.2, 0.25) is 5.91 Å². The van der Waals surface area contributed by atoms with Crippen LogP contribution >= 0.6 is 0 Å². The van der Waals surface area contributed by atoms with Crippen molar-refractivity contribution in [3.8, 4) is 0 Å². The SMILES string of the molecule is O=C(CCCN1CN(c2ccccc2)C2(CCNCC2)C1=O)c1ccc(F)cc1. The summed E-state index contributed by atoms with van der Waals surface area (Å²) < 4.78 is 13.0. The van der Waals surface area contributed by atoms with E-state index < -0.39 is 5.54 Å². The molecule has 6 heteroatoms. The monoisotopic (exact) mass is 395 g/mol. The summed E-state index contributed by atoms with van der Waals surface area (Å²) in [6.45, 7) is 2.75. The molecule has 0 aromatic heterocycles. The molecule has 5 nitrogen and oxygen atoms in total. The fourth-order valence-electron chi connectivity index (χ4n) is 4.42. The molecule has 4 rings (SSSR count). The lowest BCUT2D eigenvalue weighted by Crippen LogP contribution is -2.55. The molecule has 1 spiro atoms. The van der Waals surface area contributed by atoms with E-state index >= 15 is 0 Å². The summed E-state index contributed by atoms with van der Waals surface area (Å²) in [5.74, 6) is -0.206. The van der Waals surface area contributed by atoms with Crippen molar-refractivity contribution >= 4 is 17.4 Å². The van der Waals surface area contributed by atoms with Gasteiger partial charge in [0, 0.05) is 24.2 Å². The molecule has 0 unspecified atom stereocenters. The Morgan fingerprint density at radius 1 is 1.03 bits per heavy atom. The molecule has 2 aromatic rings. The number of nitrogens with zero attached hydrogens (tertiary/aromatic N) is 2. The number of piperidine rings is 1. The number of nitrogens with one attached hydrogen (secondary N) is 1. The Bertz CT molecular complexity index is 863. The fraction of sp³-hybridized carbons (Fsp3) is 0.391. The predicted octanol–water partition coefficient (Wildman–Crippen LogP) is 3.22. The summed E-state index contributed by atoms with van der Waals surface area (Å²) in [4.78, 5) is 29.8. The molecule has 0 bridgehead atoms. The number of carbonyl (C=O) groups excluding carboxylic acids is 2. The molecule has 0 radical (unpaired) electrons. The number of carbonyl (C=O) groups is 2. The van der Waals surface area contributed by atoms with Crippen molar-refractivity contribution in [3.05, 3.63) is 66.0 Å². The first-order chi connectivity index (χ1) is 14.1. The third-order valence-corrected chi connectivity index (χ3v) is 6.01. The molecule has 1 amide bonds. The summed E-state index contributed by atoms with van der Waals surface area (Å²) in [6, 6.07) is 15.7. The van der Waals surface area contributed by atoms with Gasteiger partial charge in [-0.15, -0.1) is 0 Å². The third-order valence-electron chi connectivity index (χ3n) is 6.01. The highest BCUT2D eigenvalue weighted by Gasteiger charge is 2.52. The molecule has 1 N–H and O–H groups in total. The minimum absolute atomic E-state index is 0.0202. The Morgan fingerprint density at radius 3 is 2.41 bits per heavy atom. The first-order valence-corrected chi connectivity index (χ1v) is 10.2. The number of ketones is 1. The van der Waals surface area contributed by atoms with Crippen molar-refractivity contribution in [1.29, 1.82) is 0 Å². The van der Waals surface area contributed by atoms with Crippen LogP contribution in [0.25, 0.3) is 0 Å². The van der Waals surface area contributed by atoms with E-state index in [1.54, 1.807) is 0 Å². The Labute approximate surface area is 170 Å². The van der Waals surface area contributed by atoms with E-state index in [1.165, 1.54) is 24.3 Å². The number of halogens is 1. The molecular formula is C23H26FN3O2. The molecule has 2 aromatic carbocycles. The Kier molecular flexibility index (Phi) is 5.62. The van der Waals surface area contributed by atoms with Crippen LogP contribution in [0.5, 0.6) is 0 Å². The van der Waals surface area contributed by atoms with Crippen molar-refractivity contribution in [3.63, 3.8) is 0 Å². The summed E-state index contributed by atoms with van der Waals surface area (Å²) in [5, 5.41) is 3.35.